The van der Waals surface area contributed by atoms with E-state index in [4.69, 9.17) is 9.84 Å². The quantitative estimate of drug-likeness (QED) is 0.864. The average molecular weight is 258 g/mol. The topological polar surface area (TPSA) is 71.0 Å². The Morgan fingerprint density at radius 3 is 3.21 bits per heavy atom. The summed E-state index contributed by atoms with van der Waals surface area (Å²) >= 11 is 3.31. The fourth-order valence-corrected chi connectivity index (χ4v) is 1.44. The summed E-state index contributed by atoms with van der Waals surface area (Å²) in [7, 11) is 0. The van der Waals surface area contributed by atoms with Gasteiger partial charge in [-0.2, -0.15) is 0 Å². The molecule has 0 aromatic carbocycles. The van der Waals surface area contributed by atoms with Crippen LogP contribution in [0.1, 0.15) is 0 Å². The van der Waals surface area contributed by atoms with Gasteiger partial charge >= 0.3 is 0 Å². The van der Waals surface area contributed by atoms with Crippen molar-refractivity contribution in [3.05, 3.63) is 16.7 Å². The maximum atomic E-state index is 8.60. The Morgan fingerprint density at radius 2 is 2.43 bits per heavy atom. The summed E-state index contributed by atoms with van der Waals surface area (Å²) in [4.78, 5) is 4.10. The molecule has 0 saturated heterocycles. The molecule has 2 rings (SSSR count). The third kappa shape index (κ3) is 1.71. The van der Waals surface area contributed by atoms with Crippen LogP contribution in [0, 0.1) is 0 Å². The van der Waals surface area contributed by atoms with Gasteiger partial charge in [0.1, 0.15) is 6.61 Å². The Labute approximate surface area is 88.2 Å². The number of H-pyrrole nitrogens is 1. The van der Waals surface area contributed by atoms with Crippen LogP contribution in [0.4, 0.5) is 0 Å². The summed E-state index contributed by atoms with van der Waals surface area (Å²) in [5.74, 6) is 0.461. The molecule has 0 aliphatic rings. The molecule has 14 heavy (non-hydrogen) atoms. The number of aliphatic hydroxyl groups excluding tert-OH is 1. The van der Waals surface area contributed by atoms with Crippen molar-refractivity contribution in [1.82, 2.24) is 15.2 Å². The highest BCUT2D eigenvalue weighted by Crippen LogP contribution is 2.23. The summed E-state index contributed by atoms with van der Waals surface area (Å²) in [6.07, 6.45) is 1.68. The Kier molecular flexibility index (Phi) is 2.64. The van der Waals surface area contributed by atoms with Gasteiger partial charge < -0.3 is 9.84 Å². The maximum absolute atomic E-state index is 8.60. The first kappa shape index (κ1) is 9.42. The van der Waals surface area contributed by atoms with Crippen molar-refractivity contribution in [1.29, 1.82) is 0 Å². The predicted octanol–water partition coefficient (Wildman–Crippen LogP) is 1.09. The van der Waals surface area contributed by atoms with Crippen molar-refractivity contribution < 1.29 is 9.84 Å². The van der Waals surface area contributed by atoms with Crippen LogP contribution in [-0.2, 0) is 0 Å². The Morgan fingerprint density at radius 1 is 1.57 bits per heavy atom. The number of fused-ring (bicyclic) bond motifs is 1. The van der Waals surface area contributed by atoms with Gasteiger partial charge in [-0.15, -0.1) is 5.10 Å². The molecule has 0 fully saturated rings. The Balaban J connectivity index is 2.40. The van der Waals surface area contributed by atoms with E-state index in [-0.39, 0.29) is 13.2 Å². The summed E-state index contributed by atoms with van der Waals surface area (Å²) in [6, 6.07) is 1.86. The van der Waals surface area contributed by atoms with Gasteiger partial charge in [-0.3, -0.25) is 5.10 Å². The molecule has 0 aliphatic heterocycles. The number of aromatic nitrogens is 3. The van der Waals surface area contributed by atoms with Crippen molar-refractivity contribution in [2.45, 2.75) is 0 Å². The largest absolute Gasteiger partial charge is 0.474 e. The fraction of sp³-hybridized carbons (Fsp3) is 0.250. The number of ether oxygens (including phenoxy) is 1. The van der Waals surface area contributed by atoms with Gasteiger partial charge in [-0.25, -0.2) is 4.98 Å². The molecule has 0 spiro atoms. The molecule has 0 radical (unpaired) electrons. The minimum Gasteiger partial charge on any atom is -0.474 e. The number of hydrogen-bond acceptors (Lipinski definition) is 4. The second-order valence-corrected chi connectivity index (χ2v) is 3.57. The Hall–Kier alpha value is -1.14. The van der Waals surface area contributed by atoms with Crippen LogP contribution in [0.5, 0.6) is 5.88 Å². The first-order valence-corrected chi connectivity index (χ1v) is 4.84. The van der Waals surface area contributed by atoms with Gasteiger partial charge in [0.05, 0.1) is 12.0 Å². The van der Waals surface area contributed by atoms with Gasteiger partial charge in [0.15, 0.2) is 5.65 Å². The van der Waals surface area contributed by atoms with Gasteiger partial charge in [-0.05, 0) is 22.0 Å². The molecular weight excluding hydrogens is 250 g/mol. The van der Waals surface area contributed by atoms with Crippen LogP contribution in [0.15, 0.2) is 16.7 Å². The van der Waals surface area contributed by atoms with Gasteiger partial charge in [0.2, 0.25) is 5.88 Å². The van der Waals surface area contributed by atoms with Gasteiger partial charge in [0, 0.05) is 10.7 Å². The zero-order chi connectivity index (χ0) is 9.97. The Bertz CT molecular complexity index is 443. The van der Waals surface area contributed by atoms with E-state index in [2.05, 4.69) is 31.1 Å². The highest BCUT2D eigenvalue weighted by atomic mass is 79.9. The van der Waals surface area contributed by atoms with E-state index in [1.54, 1.807) is 6.20 Å². The molecule has 2 aromatic rings. The predicted molar refractivity (Wildman–Crippen MR) is 54.2 cm³/mol. The van der Waals surface area contributed by atoms with E-state index < -0.39 is 0 Å². The number of hydrogen-bond donors (Lipinski definition) is 2. The van der Waals surface area contributed by atoms with Crippen LogP contribution >= 0.6 is 15.9 Å². The van der Waals surface area contributed by atoms with Gasteiger partial charge in [0.25, 0.3) is 0 Å². The summed E-state index contributed by atoms with van der Waals surface area (Å²) in [5, 5.41) is 16.1. The monoisotopic (exact) mass is 257 g/mol. The van der Waals surface area contributed by atoms with Crippen LogP contribution in [0.3, 0.4) is 0 Å². The SMILES string of the molecule is OCCOc1n[nH]c2ncc(Br)cc12. The molecule has 2 N–H and O–H groups in total. The third-order valence-corrected chi connectivity index (χ3v) is 2.11. The summed E-state index contributed by atoms with van der Waals surface area (Å²) in [5.41, 5.74) is 0.668. The summed E-state index contributed by atoms with van der Waals surface area (Å²) < 4.78 is 6.07. The smallest absolute Gasteiger partial charge is 0.242 e. The highest BCUT2D eigenvalue weighted by Gasteiger charge is 2.07. The van der Waals surface area contributed by atoms with E-state index in [1.807, 2.05) is 6.07 Å². The molecule has 0 saturated carbocycles. The second kappa shape index (κ2) is 3.93. The van der Waals surface area contributed by atoms with E-state index >= 15 is 0 Å². The van der Waals surface area contributed by atoms with E-state index in [0.29, 0.717) is 11.5 Å². The van der Waals surface area contributed by atoms with Crippen LogP contribution in [0.25, 0.3) is 11.0 Å². The number of rotatable bonds is 3. The molecular formula is C8H8BrN3O2. The summed E-state index contributed by atoms with van der Waals surface area (Å²) in [6.45, 7) is 0.197. The number of pyridine rings is 1. The molecule has 2 aromatic heterocycles. The standard InChI is InChI=1S/C8H8BrN3O2/c9-5-3-6-7(10-4-5)11-12-8(6)14-2-1-13/h3-4,13H,1-2H2,(H,10,11,12). The molecule has 5 nitrogen and oxygen atoms in total. The van der Waals surface area contributed by atoms with E-state index in [9.17, 15) is 0 Å². The molecule has 6 heteroatoms. The fourth-order valence-electron chi connectivity index (χ4n) is 1.11. The maximum Gasteiger partial charge on any atom is 0.242 e. The van der Waals surface area contributed by atoms with E-state index in [0.717, 1.165) is 9.86 Å². The first-order chi connectivity index (χ1) is 6.81. The van der Waals surface area contributed by atoms with Crippen molar-refractivity contribution in [2.75, 3.05) is 13.2 Å². The van der Waals surface area contributed by atoms with Crippen molar-refractivity contribution >= 4 is 27.0 Å². The molecule has 0 bridgehead atoms. The number of halogens is 1. The molecule has 0 amide bonds. The molecule has 0 unspecified atom stereocenters. The normalized spacial score (nSPS) is 10.7. The van der Waals surface area contributed by atoms with Crippen molar-refractivity contribution in [2.24, 2.45) is 0 Å². The van der Waals surface area contributed by atoms with Crippen LogP contribution in [0.2, 0.25) is 0 Å². The van der Waals surface area contributed by atoms with Crippen molar-refractivity contribution in [3.8, 4) is 5.88 Å². The lowest BCUT2D eigenvalue weighted by Crippen LogP contribution is -2.01. The lowest BCUT2D eigenvalue weighted by atomic mass is 10.3. The second-order valence-electron chi connectivity index (χ2n) is 2.65. The van der Waals surface area contributed by atoms with Gasteiger partial charge in [-0.1, -0.05) is 0 Å². The molecule has 74 valence electrons. The lowest BCUT2D eigenvalue weighted by Gasteiger charge is -1.99. The number of nitrogens with one attached hydrogen (secondary N) is 1. The molecule has 0 aliphatic carbocycles. The molecule has 0 atom stereocenters. The van der Waals surface area contributed by atoms with E-state index in [1.165, 1.54) is 0 Å². The first-order valence-electron chi connectivity index (χ1n) is 4.04. The minimum atomic E-state index is -0.0320. The third-order valence-electron chi connectivity index (χ3n) is 1.68. The van der Waals surface area contributed by atoms with Crippen molar-refractivity contribution in [3.63, 3.8) is 0 Å². The molecule has 2 heterocycles. The van der Waals surface area contributed by atoms with Crippen LogP contribution in [-0.4, -0.2) is 33.5 Å². The number of nitrogens with zero attached hydrogens (tertiary/aromatic N) is 2. The highest BCUT2D eigenvalue weighted by molar-refractivity contribution is 9.10. The minimum absolute atomic E-state index is 0.0320. The zero-order valence-corrected chi connectivity index (χ0v) is 8.78. The average Bonchev–Trinajstić information content (AvgIpc) is 2.57. The zero-order valence-electron chi connectivity index (χ0n) is 7.20. The number of aromatic amines is 1. The number of aliphatic hydroxyl groups is 1. The van der Waals surface area contributed by atoms with Crippen LogP contribution < -0.4 is 4.74 Å². The lowest BCUT2D eigenvalue weighted by molar-refractivity contribution is 0.198.